The molecule has 1 N–H and O–H groups in total. The molecule has 0 spiro atoms. The van der Waals surface area contributed by atoms with E-state index in [1.54, 1.807) is 0 Å². The van der Waals surface area contributed by atoms with Crippen LogP contribution in [0.25, 0.3) is 0 Å². The average molecular weight is 238 g/mol. The zero-order valence-corrected chi connectivity index (χ0v) is 10.2. The minimum atomic E-state index is -1.21. The van der Waals surface area contributed by atoms with Crippen LogP contribution in [0.4, 0.5) is 0 Å². The molecule has 0 aliphatic rings. The van der Waals surface area contributed by atoms with E-state index < -0.39 is 11.5 Å². The maximum Gasteiger partial charge on any atom is 0.331 e. The summed E-state index contributed by atoms with van der Waals surface area (Å²) in [7, 11) is 0. The van der Waals surface area contributed by atoms with Crippen LogP contribution in [-0.2, 0) is 10.3 Å². The molecule has 17 heavy (non-hydrogen) atoms. The fourth-order valence-corrected chi connectivity index (χ4v) is 2.15. The fourth-order valence-electron chi connectivity index (χ4n) is 2.15. The van der Waals surface area contributed by atoms with Crippen LogP contribution in [0.1, 0.15) is 39.5 Å². The summed E-state index contributed by atoms with van der Waals surface area (Å²) in [6.45, 7) is 3.81. The quantitative estimate of drug-likeness (QED) is 0.817. The summed E-state index contributed by atoms with van der Waals surface area (Å²) in [6, 6.07) is 2.86. The highest BCUT2D eigenvalue weighted by molar-refractivity contribution is 5.76. The van der Waals surface area contributed by atoms with Gasteiger partial charge in [-0.15, -0.1) is 0 Å². The Morgan fingerprint density at radius 3 is 2.41 bits per heavy atom. The maximum absolute atomic E-state index is 11.8. The summed E-state index contributed by atoms with van der Waals surface area (Å²) in [5.74, 6) is -0.984. The Morgan fingerprint density at radius 1 is 1.41 bits per heavy atom. The fraction of sp³-hybridized carbons (Fsp3) is 0.583. The van der Waals surface area contributed by atoms with E-state index in [0.717, 1.165) is 4.68 Å². The van der Waals surface area contributed by atoms with Crippen LogP contribution in [0.3, 0.4) is 0 Å². The Labute approximate surface area is 100 Å². The predicted octanol–water partition coefficient (Wildman–Crippen LogP) is 1.62. The molecule has 0 unspecified atom stereocenters. The lowest BCUT2D eigenvalue weighted by molar-refractivity contribution is -0.149. The van der Waals surface area contributed by atoms with Gasteiger partial charge in [0.2, 0.25) is 0 Å². The van der Waals surface area contributed by atoms with E-state index in [4.69, 9.17) is 0 Å². The topological polar surface area (TPSA) is 72.2 Å². The van der Waals surface area contributed by atoms with Crippen molar-refractivity contribution in [2.75, 3.05) is 0 Å². The number of hydrogen-bond donors (Lipinski definition) is 1. The molecule has 0 amide bonds. The molecule has 0 radical (unpaired) electrons. The summed E-state index contributed by atoms with van der Waals surface area (Å²) < 4.78 is 1.11. The lowest BCUT2D eigenvalue weighted by Crippen LogP contribution is -2.48. The first kappa shape index (κ1) is 13.4. The van der Waals surface area contributed by atoms with E-state index in [1.807, 2.05) is 13.8 Å². The monoisotopic (exact) mass is 238 g/mol. The van der Waals surface area contributed by atoms with Crippen molar-refractivity contribution in [1.29, 1.82) is 0 Å². The van der Waals surface area contributed by atoms with Gasteiger partial charge < -0.3 is 5.11 Å². The molecule has 0 aliphatic heterocycles. The minimum absolute atomic E-state index is 0.364. The molecule has 5 heteroatoms. The number of carboxylic acid groups (broad SMARTS) is 1. The van der Waals surface area contributed by atoms with Crippen LogP contribution in [0.15, 0.2) is 23.1 Å². The zero-order chi connectivity index (χ0) is 12.9. The number of carbonyl (C=O) groups is 1. The van der Waals surface area contributed by atoms with E-state index in [1.165, 1.54) is 18.3 Å². The normalized spacial score (nSPS) is 11.4. The second-order valence-corrected chi connectivity index (χ2v) is 4.11. The molecule has 0 aliphatic carbocycles. The van der Waals surface area contributed by atoms with Gasteiger partial charge in [0.15, 0.2) is 5.54 Å². The lowest BCUT2D eigenvalue weighted by Gasteiger charge is -2.29. The Bertz CT molecular complexity index is 433. The largest absolute Gasteiger partial charge is 0.479 e. The van der Waals surface area contributed by atoms with Crippen LogP contribution in [-0.4, -0.2) is 20.9 Å². The van der Waals surface area contributed by atoms with Gasteiger partial charge in [-0.3, -0.25) is 4.79 Å². The number of carboxylic acids is 1. The first-order chi connectivity index (χ1) is 8.08. The summed E-state index contributed by atoms with van der Waals surface area (Å²) >= 11 is 0. The van der Waals surface area contributed by atoms with Crippen molar-refractivity contribution in [1.82, 2.24) is 9.78 Å². The van der Waals surface area contributed by atoms with E-state index in [-0.39, 0.29) is 5.56 Å². The standard InChI is InChI=1S/C12H18N2O3/c1-3-7-12(8-4-2,11(16)17)14-10(15)6-5-9-13-14/h5-6,9H,3-4,7-8H2,1-2H3,(H,16,17). The predicted molar refractivity (Wildman–Crippen MR) is 63.9 cm³/mol. The van der Waals surface area contributed by atoms with E-state index in [0.29, 0.717) is 25.7 Å². The molecular formula is C12H18N2O3. The van der Waals surface area contributed by atoms with Crippen LogP contribution >= 0.6 is 0 Å². The van der Waals surface area contributed by atoms with Crippen molar-refractivity contribution in [3.63, 3.8) is 0 Å². The van der Waals surface area contributed by atoms with Crippen LogP contribution in [0, 0.1) is 0 Å². The Kier molecular flexibility index (Phi) is 4.43. The second kappa shape index (κ2) is 5.61. The molecule has 94 valence electrons. The lowest BCUT2D eigenvalue weighted by atomic mass is 9.89. The van der Waals surface area contributed by atoms with E-state index in [2.05, 4.69) is 5.10 Å². The molecule has 0 saturated carbocycles. The van der Waals surface area contributed by atoms with E-state index in [9.17, 15) is 14.7 Å². The van der Waals surface area contributed by atoms with Crippen molar-refractivity contribution in [2.24, 2.45) is 0 Å². The highest BCUT2D eigenvalue weighted by Gasteiger charge is 2.40. The maximum atomic E-state index is 11.8. The molecule has 0 saturated heterocycles. The minimum Gasteiger partial charge on any atom is -0.479 e. The van der Waals surface area contributed by atoms with Crippen LogP contribution in [0.5, 0.6) is 0 Å². The molecular weight excluding hydrogens is 220 g/mol. The highest BCUT2D eigenvalue weighted by Crippen LogP contribution is 2.26. The third-order valence-corrected chi connectivity index (χ3v) is 2.85. The number of aliphatic carboxylic acids is 1. The molecule has 5 nitrogen and oxygen atoms in total. The molecule has 1 heterocycles. The van der Waals surface area contributed by atoms with Gasteiger partial charge in [0, 0.05) is 12.3 Å². The van der Waals surface area contributed by atoms with Gasteiger partial charge in [-0.25, -0.2) is 9.48 Å². The summed E-state index contributed by atoms with van der Waals surface area (Å²) in [5, 5.41) is 13.4. The number of nitrogens with zero attached hydrogens (tertiary/aromatic N) is 2. The highest BCUT2D eigenvalue weighted by atomic mass is 16.4. The SMILES string of the molecule is CCCC(CCC)(C(=O)O)n1ncccc1=O. The van der Waals surface area contributed by atoms with Gasteiger partial charge in [-0.2, -0.15) is 5.10 Å². The molecule has 0 bridgehead atoms. The second-order valence-electron chi connectivity index (χ2n) is 4.11. The third-order valence-electron chi connectivity index (χ3n) is 2.85. The van der Waals surface area contributed by atoms with Gasteiger partial charge in [-0.05, 0) is 18.9 Å². The molecule has 1 rings (SSSR count). The first-order valence-corrected chi connectivity index (χ1v) is 5.86. The van der Waals surface area contributed by atoms with Gasteiger partial charge in [-0.1, -0.05) is 26.7 Å². The molecule has 0 atom stereocenters. The number of aromatic nitrogens is 2. The average Bonchev–Trinajstić information content (AvgIpc) is 2.29. The van der Waals surface area contributed by atoms with Gasteiger partial charge in [0.1, 0.15) is 0 Å². The Hall–Kier alpha value is -1.65. The Balaban J connectivity index is 3.35. The van der Waals surface area contributed by atoms with Gasteiger partial charge in [0.25, 0.3) is 5.56 Å². The van der Waals surface area contributed by atoms with Crippen molar-refractivity contribution < 1.29 is 9.90 Å². The van der Waals surface area contributed by atoms with Gasteiger partial charge >= 0.3 is 5.97 Å². The molecule has 0 aromatic carbocycles. The van der Waals surface area contributed by atoms with Crippen molar-refractivity contribution >= 4 is 5.97 Å². The van der Waals surface area contributed by atoms with Crippen LogP contribution in [0.2, 0.25) is 0 Å². The Morgan fingerprint density at radius 2 is 2.00 bits per heavy atom. The summed E-state index contributed by atoms with van der Waals surface area (Å²) in [6.07, 6.45) is 3.65. The van der Waals surface area contributed by atoms with Crippen molar-refractivity contribution in [2.45, 2.75) is 45.1 Å². The first-order valence-electron chi connectivity index (χ1n) is 5.86. The molecule has 1 aromatic rings. The molecule has 0 fully saturated rings. The third kappa shape index (κ3) is 2.54. The van der Waals surface area contributed by atoms with Crippen molar-refractivity contribution in [3.8, 4) is 0 Å². The zero-order valence-electron chi connectivity index (χ0n) is 10.2. The van der Waals surface area contributed by atoms with Crippen molar-refractivity contribution in [3.05, 3.63) is 28.7 Å². The number of hydrogen-bond acceptors (Lipinski definition) is 3. The smallest absolute Gasteiger partial charge is 0.331 e. The molecule has 1 aromatic heterocycles. The van der Waals surface area contributed by atoms with Gasteiger partial charge in [0.05, 0.1) is 0 Å². The summed E-state index contributed by atoms with van der Waals surface area (Å²) in [5.41, 5.74) is -1.57. The van der Waals surface area contributed by atoms with Crippen LogP contribution < -0.4 is 5.56 Å². The summed E-state index contributed by atoms with van der Waals surface area (Å²) in [4.78, 5) is 23.3. The van der Waals surface area contributed by atoms with E-state index >= 15 is 0 Å². The number of rotatable bonds is 6.